The van der Waals surface area contributed by atoms with Crippen LogP contribution in [0.25, 0.3) is 0 Å². The standard InChI is InChI=1S/C10H12F3NO3S/c1-18(16,17)6-2-4-14-5-3-8(7-14)9(15)10(11,12)13/h3,5,7H,2,4,6H2,1H3. The summed E-state index contributed by atoms with van der Waals surface area (Å²) in [5, 5.41) is 0. The highest BCUT2D eigenvalue weighted by Gasteiger charge is 2.39. The molecule has 0 aliphatic rings. The molecule has 0 bridgehead atoms. The summed E-state index contributed by atoms with van der Waals surface area (Å²) in [5.41, 5.74) is -0.443. The average Bonchev–Trinajstić information content (AvgIpc) is 2.61. The Morgan fingerprint density at radius 3 is 2.50 bits per heavy atom. The number of nitrogens with zero attached hydrogens (tertiary/aromatic N) is 1. The molecule has 1 rings (SSSR count). The SMILES string of the molecule is CS(=O)(=O)CCCn1ccc(C(=O)C(F)(F)F)c1. The molecule has 1 heterocycles. The molecule has 1 aromatic heterocycles. The van der Waals surface area contributed by atoms with Gasteiger partial charge in [0.2, 0.25) is 0 Å². The fourth-order valence-corrected chi connectivity index (χ4v) is 2.04. The summed E-state index contributed by atoms with van der Waals surface area (Å²) < 4.78 is 59.4. The molecule has 0 aliphatic heterocycles. The smallest absolute Gasteiger partial charge is 0.353 e. The summed E-state index contributed by atoms with van der Waals surface area (Å²) >= 11 is 0. The number of Topliss-reactive ketones (excluding diaryl/α,β-unsaturated/α-hetero) is 1. The van der Waals surface area contributed by atoms with E-state index < -0.39 is 27.4 Å². The molecule has 0 aromatic carbocycles. The Labute approximate surface area is 102 Å². The van der Waals surface area contributed by atoms with Crippen LogP contribution in [0.15, 0.2) is 18.5 Å². The number of sulfone groups is 1. The number of aromatic nitrogens is 1. The third-order valence-electron chi connectivity index (χ3n) is 2.20. The first-order chi connectivity index (χ1) is 8.09. The average molecular weight is 283 g/mol. The molecule has 0 aliphatic carbocycles. The van der Waals surface area contributed by atoms with Crippen LogP contribution in [0, 0.1) is 0 Å². The number of halogens is 3. The van der Waals surface area contributed by atoms with Crippen LogP contribution in [0.4, 0.5) is 13.2 Å². The molecular weight excluding hydrogens is 271 g/mol. The van der Waals surface area contributed by atoms with E-state index in [1.807, 2.05) is 0 Å². The van der Waals surface area contributed by atoms with Gasteiger partial charge in [0, 0.05) is 30.8 Å². The Balaban J connectivity index is 2.62. The van der Waals surface area contributed by atoms with Crippen LogP contribution in [-0.2, 0) is 16.4 Å². The van der Waals surface area contributed by atoms with E-state index in [9.17, 15) is 26.4 Å². The molecule has 102 valence electrons. The fraction of sp³-hybridized carbons (Fsp3) is 0.500. The molecule has 0 radical (unpaired) electrons. The van der Waals surface area contributed by atoms with Crippen molar-refractivity contribution in [3.63, 3.8) is 0 Å². The van der Waals surface area contributed by atoms with Crippen molar-refractivity contribution in [2.24, 2.45) is 0 Å². The lowest BCUT2D eigenvalue weighted by molar-refractivity contribution is -0.0885. The predicted molar refractivity (Wildman–Crippen MR) is 59.1 cm³/mol. The summed E-state index contributed by atoms with van der Waals surface area (Å²) in [4.78, 5) is 10.9. The number of ketones is 1. The van der Waals surface area contributed by atoms with Crippen LogP contribution < -0.4 is 0 Å². The molecule has 8 heteroatoms. The van der Waals surface area contributed by atoms with Crippen molar-refractivity contribution < 1.29 is 26.4 Å². The molecular formula is C10H12F3NO3S. The van der Waals surface area contributed by atoms with Crippen LogP contribution in [0.3, 0.4) is 0 Å². The van der Waals surface area contributed by atoms with E-state index in [0.29, 0.717) is 0 Å². The van der Waals surface area contributed by atoms with Crippen molar-refractivity contribution in [2.75, 3.05) is 12.0 Å². The summed E-state index contributed by atoms with van der Waals surface area (Å²) in [6, 6.07) is 1.07. The highest BCUT2D eigenvalue weighted by Crippen LogP contribution is 2.21. The van der Waals surface area contributed by atoms with Crippen molar-refractivity contribution >= 4 is 15.6 Å². The van der Waals surface area contributed by atoms with Gasteiger partial charge in [-0.15, -0.1) is 0 Å². The molecule has 0 fully saturated rings. The van der Waals surface area contributed by atoms with Crippen LogP contribution in [0.2, 0.25) is 0 Å². The molecule has 0 amide bonds. The van der Waals surface area contributed by atoms with Crippen molar-refractivity contribution in [1.82, 2.24) is 4.57 Å². The third-order valence-corrected chi connectivity index (χ3v) is 3.23. The first-order valence-electron chi connectivity index (χ1n) is 5.04. The van der Waals surface area contributed by atoms with Gasteiger partial charge in [-0.3, -0.25) is 4.79 Å². The lowest BCUT2D eigenvalue weighted by atomic mass is 10.2. The zero-order valence-electron chi connectivity index (χ0n) is 9.57. The van der Waals surface area contributed by atoms with Gasteiger partial charge in [0.05, 0.1) is 5.75 Å². The van der Waals surface area contributed by atoms with E-state index in [4.69, 9.17) is 0 Å². The van der Waals surface area contributed by atoms with Gasteiger partial charge >= 0.3 is 6.18 Å². The van der Waals surface area contributed by atoms with Gasteiger partial charge in [-0.2, -0.15) is 13.2 Å². The second-order valence-corrected chi connectivity index (χ2v) is 6.21. The molecule has 0 saturated heterocycles. The number of aryl methyl sites for hydroxylation is 1. The second kappa shape index (κ2) is 5.13. The Kier molecular flexibility index (Phi) is 4.20. The van der Waals surface area contributed by atoms with E-state index in [2.05, 4.69) is 0 Å². The Morgan fingerprint density at radius 2 is 2.00 bits per heavy atom. The minimum Gasteiger partial charge on any atom is -0.353 e. The van der Waals surface area contributed by atoms with Gasteiger partial charge in [0.15, 0.2) is 0 Å². The first-order valence-corrected chi connectivity index (χ1v) is 7.11. The van der Waals surface area contributed by atoms with E-state index >= 15 is 0 Å². The number of hydrogen-bond acceptors (Lipinski definition) is 3. The maximum absolute atomic E-state index is 12.1. The van der Waals surface area contributed by atoms with Crippen LogP contribution >= 0.6 is 0 Å². The Bertz CT molecular complexity index is 531. The molecule has 0 spiro atoms. The lowest BCUT2D eigenvalue weighted by Gasteiger charge is -2.03. The first kappa shape index (κ1) is 14.7. The quantitative estimate of drug-likeness (QED) is 0.772. The van der Waals surface area contributed by atoms with Crippen molar-refractivity contribution in [3.8, 4) is 0 Å². The van der Waals surface area contributed by atoms with Gasteiger partial charge in [-0.25, -0.2) is 8.42 Å². The normalized spacial score (nSPS) is 12.7. The van der Waals surface area contributed by atoms with Crippen molar-refractivity contribution in [3.05, 3.63) is 24.0 Å². The lowest BCUT2D eigenvalue weighted by Crippen LogP contribution is -2.22. The Morgan fingerprint density at radius 1 is 1.39 bits per heavy atom. The number of hydrogen-bond donors (Lipinski definition) is 0. The van der Waals surface area contributed by atoms with E-state index in [1.54, 1.807) is 0 Å². The highest BCUT2D eigenvalue weighted by molar-refractivity contribution is 7.90. The number of carbonyl (C=O) groups excluding carboxylic acids is 1. The van der Waals surface area contributed by atoms with Crippen LogP contribution in [0.1, 0.15) is 16.8 Å². The summed E-state index contributed by atoms with van der Waals surface area (Å²) in [6.45, 7) is 0.248. The zero-order chi connectivity index (χ0) is 14.0. The molecule has 1 aromatic rings. The molecule has 0 unspecified atom stereocenters. The molecule has 0 saturated carbocycles. The zero-order valence-corrected chi connectivity index (χ0v) is 10.4. The van der Waals surface area contributed by atoms with Gasteiger partial charge in [-0.05, 0) is 12.5 Å². The summed E-state index contributed by atoms with van der Waals surface area (Å²) in [7, 11) is -3.09. The van der Waals surface area contributed by atoms with Crippen LogP contribution in [0.5, 0.6) is 0 Å². The Hall–Kier alpha value is -1.31. The van der Waals surface area contributed by atoms with Crippen molar-refractivity contribution in [2.45, 2.75) is 19.1 Å². The van der Waals surface area contributed by atoms with Gasteiger partial charge in [-0.1, -0.05) is 0 Å². The molecule has 4 nitrogen and oxygen atoms in total. The summed E-state index contributed by atoms with van der Waals surface area (Å²) in [6.07, 6.45) is -1.13. The molecule has 0 N–H and O–H groups in total. The highest BCUT2D eigenvalue weighted by atomic mass is 32.2. The van der Waals surface area contributed by atoms with Crippen LogP contribution in [-0.4, -0.2) is 37.0 Å². The predicted octanol–water partition coefficient (Wildman–Crippen LogP) is 1.67. The number of rotatable bonds is 5. The fourth-order valence-electron chi connectivity index (χ4n) is 1.39. The van der Waals surface area contributed by atoms with Gasteiger partial charge in [0.25, 0.3) is 5.78 Å². The van der Waals surface area contributed by atoms with E-state index in [1.165, 1.54) is 10.8 Å². The topological polar surface area (TPSA) is 56.1 Å². The van der Waals surface area contributed by atoms with E-state index in [-0.39, 0.29) is 18.7 Å². The minimum atomic E-state index is -4.89. The molecule has 18 heavy (non-hydrogen) atoms. The monoisotopic (exact) mass is 283 g/mol. The third kappa shape index (κ3) is 4.52. The maximum atomic E-state index is 12.1. The van der Waals surface area contributed by atoms with Crippen molar-refractivity contribution in [1.29, 1.82) is 0 Å². The second-order valence-electron chi connectivity index (χ2n) is 3.95. The van der Waals surface area contributed by atoms with Gasteiger partial charge in [0.1, 0.15) is 9.84 Å². The summed E-state index contributed by atoms with van der Waals surface area (Å²) in [5.74, 6) is -1.95. The van der Waals surface area contributed by atoms with E-state index in [0.717, 1.165) is 18.5 Å². The largest absolute Gasteiger partial charge is 0.454 e. The van der Waals surface area contributed by atoms with Gasteiger partial charge < -0.3 is 4.57 Å². The molecule has 0 atom stereocenters. The number of carbonyl (C=O) groups is 1. The maximum Gasteiger partial charge on any atom is 0.454 e. The minimum absolute atomic E-state index is 0.0479. The number of alkyl halides is 3.